The highest BCUT2D eigenvalue weighted by molar-refractivity contribution is 7.85. The van der Waals surface area contributed by atoms with E-state index < -0.39 is 21.8 Å². The summed E-state index contributed by atoms with van der Waals surface area (Å²) in [6.45, 7) is 7.89. The Balaban J connectivity index is 0.000000364. The minimum atomic E-state index is -4.02. The van der Waals surface area contributed by atoms with E-state index >= 15 is 0 Å². The standard InChI is InChI=1S/C19H28N4O3.C7H8O3S/c1-19(2,3)25-18(24)21-12-8-7-11-15(20)17-22-16(23-26-17)13-14-9-5-4-6-10-14;1-6-2-4-7(5-3-6)11(8,9)10/h4-6,9-10,15H,7-8,11-13,20H2,1-3H3,(H,21,24);2-5H,1H3,(H,8,9,10)/t15-;/m0./s1. The molecule has 2 aromatic carbocycles. The Kier molecular flexibility index (Phi) is 11.2. The van der Waals surface area contributed by atoms with Gasteiger partial charge in [0.2, 0.25) is 5.89 Å². The van der Waals surface area contributed by atoms with E-state index in [1.165, 1.54) is 12.1 Å². The number of hydrogen-bond donors (Lipinski definition) is 3. The number of carbonyl (C=O) groups is 1. The molecular formula is C26H36N4O6S. The van der Waals surface area contributed by atoms with Gasteiger partial charge in [-0.05, 0) is 64.7 Å². The number of nitrogens with zero attached hydrogens (tertiary/aromatic N) is 2. The van der Waals surface area contributed by atoms with E-state index in [1.54, 1.807) is 12.1 Å². The molecule has 1 atom stereocenters. The van der Waals surface area contributed by atoms with Crippen LogP contribution in [0.3, 0.4) is 0 Å². The lowest BCUT2D eigenvalue weighted by Gasteiger charge is -2.19. The molecule has 0 aliphatic carbocycles. The summed E-state index contributed by atoms with van der Waals surface area (Å²) in [5, 5.41) is 6.73. The van der Waals surface area contributed by atoms with Crippen LogP contribution in [0, 0.1) is 6.92 Å². The van der Waals surface area contributed by atoms with Gasteiger partial charge in [-0.2, -0.15) is 13.4 Å². The van der Waals surface area contributed by atoms with Crippen molar-refractivity contribution >= 4 is 16.2 Å². The molecule has 0 saturated carbocycles. The van der Waals surface area contributed by atoms with E-state index in [0.717, 1.165) is 24.0 Å². The Bertz CT molecular complexity index is 1210. The first-order valence-electron chi connectivity index (χ1n) is 12.0. The first-order chi connectivity index (χ1) is 17.3. The van der Waals surface area contributed by atoms with Crippen LogP contribution in [0.5, 0.6) is 0 Å². The quantitative estimate of drug-likeness (QED) is 0.264. The molecule has 10 nitrogen and oxygen atoms in total. The molecule has 0 radical (unpaired) electrons. The molecule has 0 unspecified atom stereocenters. The molecule has 11 heteroatoms. The molecule has 0 fully saturated rings. The summed E-state index contributed by atoms with van der Waals surface area (Å²) >= 11 is 0. The van der Waals surface area contributed by atoms with Gasteiger partial charge in [0.1, 0.15) is 5.60 Å². The molecule has 0 saturated heterocycles. The monoisotopic (exact) mass is 532 g/mol. The number of aryl methyl sites for hydroxylation is 1. The van der Waals surface area contributed by atoms with Crippen LogP contribution in [0.2, 0.25) is 0 Å². The SMILES string of the molecule is CC(C)(C)OC(=O)NCCCC[C@H](N)c1nc(Cc2ccccc2)no1.Cc1ccc(S(=O)(=O)O)cc1. The van der Waals surface area contributed by atoms with E-state index in [2.05, 4.69) is 15.5 Å². The van der Waals surface area contributed by atoms with Gasteiger partial charge in [0, 0.05) is 13.0 Å². The van der Waals surface area contributed by atoms with E-state index in [1.807, 2.05) is 58.0 Å². The normalized spacial score (nSPS) is 12.3. The fraction of sp³-hybridized carbons (Fsp3) is 0.423. The van der Waals surface area contributed by atoms with Crippen molar-refractivity contribution in [1.82, 2.24) is 15.5 Å². The second kappa shape index (κ2) is 13.9. The van der Waals surface area contributed by atoms with Crippen molar-refractivity contribution in [2.45, 2.75) is 69.9 Å². The molecule has 0 aliphatic heterocycles. The van der Waals surface area contributed by atoms with Crippen LogP contribution in [0.15, 0.2) is 64.0 Å². The zero-order valence-electron chi connectivity index (χ0n) is 21.7. The number of carbonyl (C=O) groups excluding carboxylic acids is 1. The Labute approximate surface area is 218 Å². The number of unbranched alkanes of at least 4 members (excludes halogenated alkanes) is 1. The topological polar surface area (TPSA) is 158 Å². The maximum absolute atomic E-state index is 11.5. The maximum Gasteiger partial charge on any atom is 0.407 e. The largest absolute Gasteiger partial charge is 0.444 e. The predicted octanol–water partition coefficient (Wildman–Crippen LogP) is 4.60. The summed E-state index contributed by atoms with van der Waals surface area (Å²) in [5.41, 5.74) is 7.72. The lowest BCUT2D eigenvalue weighted by molar-refractivity contribution is 0.0527. The number of nitrogens with two attached hydrogens (primary N) is 1. The van der Waals surface area contributed by atoms with Crippen LogP contribution >= 0.6 is 0 Å². The molecular weight excluding hydrogens is 496 g/mol. The van der Waals surface area contributed by atoms with E-state index in [0.29, 0.717) is 31.1 Å². The number of nitrogens with one attached hydrogen (secondary N) is 1. The molecule has 1 aromatic heterocycles. The van der Waals surface area contributed by atoms with Crippen molar-refractivity contribution in [3.05, 3.63) is 77.4 Å². The molecule has 202 valence electrons. The average Bonchev–Trinajstić information content (AvgIpc) is 3.27. The van der Waals surface area contributed by atoms with Crippen molar-refractivity contribution in [3.63, 3.8) is 0 Å². The van der Waals surface area contributed by atoms with Crippen LogP contribution in [0.1, 0.15) is 68.9 Å². The van der Waals surface area contributed by atoms with Gasteiger partial charge in [-0.1, -0.05) is 53.2 Å². The molecule has 3 rings (SSSR count). The van der Waals surface area contributed by atoms with Crippen molar-refractivity contribution in [2.75, 3.05) is 6.54 Å². The second-order valence-corrected chi connectivity index (χ2v) is 11.0. The number of benzene rings is 2. The first-order valence-corrected chi connectivity index (χ1v) is 13.4. The number of amides is 1. The van der Waals surface area contributed by atoms with Crippen LogP contribution in [0.4, 0.5) is 4.79 Å². The molecule has 4 N–H and O–H groups in total. The first kappa shape index (κ1) is 29.9. The highest BCUT2D eigenvalue weighted by atomic mass is 32.2. The fourth-order valence-electron chi connectivity index (χ4n) is 3.10. The molecule has 3 aromatic rings. The van der Waals surface area contributed by atoms with Crippen molar-refractivity contribution < 1.29 is 27.0 Å². The van der Waals surface area contributed by atoms with Crippen LogP contribution in [0.25, 0.3) is 0 Å². The zero-order chi connectivity index (χ0) is 27.5. The summed E-state index contributed by atoms with van der Waals surface area (Å²) in [7, 11) is -4.02. The van der Waals surface area contributed by atoms with Gasteiger partial charge in [0.15, 0.2) is 5.82 Å². The summed E-state index contributed by atoms with van der Waals surface area (Å²) in [6, 6.07) is 15.7. The third-order valence-electron chi connectivity index (χ3n) is 4.94. The summed E-state index contributed by atoms with van der Waals surface area (Å²) in [6.07, 6.45) is 2.58. The smallest absolute Gasteiger partial charge is 0.407 e. The number of aromatic nitrogens is 2. The van der Waals surface area contributed by atoms with Crippen molar-refractivity contribution in [1.29, 1.82) is 0 Å². The number of ether oxygens (including phenoxy) is 1. The average molecular weight is 533 g/mol. The van der Waals surface area contributed by atoms with E-state index in [9.17, 15) is 13.2 Å². The highest BCUT2D eigenvalue weighted by Gasteiger charge is 2.17. The second-order valence-electron chi connectivity index (χ2n) is 9.53. The molecule has 0 spiro atoms. The minimum absolute atomic E-state index is 0.0666. The van der Waals surface area contributed by atoms with Gasteiger partial charge >= 0.3 is 6.09 Å². The zero-order valence-corrected chi connectivity index (χ0v) is 22.5. The summed E-state index contributed by atoms with van der Waals surface area (Å²) in [4.78, 5) is 15.9. The van der Waals surface area contributed by atoms with Crippen LogP contribution in [-0.2, 0) is 21.3 Å². The Morgan fingerprint density at radius 2 is 1.76 bits per heavy atom. The lowest BCUT2D eigenvalue weighted by Crippen LogP contribution is -2.33. The van der Waals surface area contributed by atoms with E-state index in [-0.39, 0.29) is 10.9 Å². The van der Waals surface area contributed by atoms with Gasteiger partial charge in [-0.15, -0.1) is 0 Å². The molecule has 37 heavy (non-hydrogen) atoms. The van der Waals surface area contributed by atoms with Gasteiger partial charge < -0.3 is 20.3 Å². The molecule has 1 heterocycles. The van der Waals surface area contributed by atoms with Gasteiger partial charge in [-0.25, -0.2) is 4.79 Å². The molecule has 1 amide bonds. The number of hydrogen-bond acceptors (Lipinski definition) is 8. The van der Waals surface area contributed by atoms with Gasteiger partial charge in [-0.3, -0.25) is 4.55 Å². The molecule has 0 aliphatic rings. The van der Waals surface area contributed by atoms with Crippen LogP contribution < -0.4 is 11.1 Å². The van der Waals surface area contributed by atoms with E-state index in [4.69, 9.17) is 19.5 Å². The predicted molar refractivity (Wildman–Crippen MR) is 140 cm³/mol. The third-order valence-corrected chi connectivity index (χ3v) is 5.80. The third kappa shape index (κ3) is 12.0. The summed E-state index contributed by atoms with van der Waals surface area (Å²) in [5.74, 6) is 1.09. The lowest BCUT2D eigenvalue weighted by atomic mass is 10.1. The minimum Gasteiger partial charge on any atom is -0.444 e. The Morgan fingerprint density at radius 1 is 1.11 bits per heavy atom. The number of alkyl carbamates (subject to hydrolysis) is 1. The number of rotatable bonds is 9. The Hall–Kier alpha value is -3.28. The van der Waals surface area contributed by atoms with Crippen LogP contribution in [-0.4, -0.2) is 41.4 Å². The van der Waals surface area contributed by atoms with Crippen molar-refractivity contribution in [3.8, 4) is 0 Å². The van der Waals surface area contributed by atoms with Gasteiger partial charge in [0.25, 0.3) is 10.1 Å². The highest BCUT2D eigenvalue weighted by Crippen LogP contribution is 2.16. The summed E-state index contributed by atoms with van der Waals surface area (Å²) < 4.78 is 40.0. The van der Waals surface area contributed by atoms with Crippen molar-refractivity contribution in [2.24, 2.45) is 5.73 Å². The fourth-order valence-corrected chi connectivity index (χ4v) is 3.58. The van der Waals surface area contributed by atoms with Gasteiger partial charge in [0.05, 0.1) is 10.9 Å². The molecule has 0 bridgehead atoms. The maximum atomic E-state index is 11.5. The Morgan fingerprint density at radius 3 is 2.35 bits per heavy atom.